The van der Waals surface area contributed by atoms with E-state index in [0.29, 0.717) is 17.3 Å². The molecule has 0 bridgehead atoms. The number of carbonyl (C=O) groups excluding carboxylic acids is 1. The molecular formula is C21H21N3O4. The van der Waals surface area contributed by atoms with Crippen molar-refractivity contribution < 1.29 is 19.0 Å². The van der Waals surface area contributed by atoms with Gasteiger partial charge in [-0.05, 0) is 42.5 Å². The van der Waals surface area contributed by atoms with Crippen molar-refractivity contribution in [1.82, 2.24) is 9.55 Å². The van der Waals surface area contributed by atoms with Gasteiger partial charge in [-0.2, -0.15) is 0 Å². The Morgan fingerprint density at radius 2 is 1.71 bits per heavy atom. The molecule has 28 heavy (non-hydrogen) atoms. The maximum atomic E-state index is 12.5. The van der Waals surface area contributed by atoms with Crippen LogP contribution in [0.2, 0.25) is 0 Å². The van der Waals surface area contributed by atoms with E-state index in [-0.39, 0.29) is 18.2 Å². The van der Waals surface area contributed by atoms with E-state index < -0.39 is 0 Å². The lowest BCUT2D eigenvalue weighted by Gasteiger charge is -2.25. The lowest BCUT2D eigenvalue weighted by molar-refractivity contribution is -0.116. The Balaban J connectivity index is 1.81. The minimum absolute atomic E-state index is 0.0716. The highest BCUT2D eigenvalue weighted by atomic mass is 16.5. The number of hydrogen-bond acceptors (Lipinski definition) is 5. The number of rotatable bonds is 5. The van der Waals surface area contributed by atoms with Crippen molar-refractivity contribution in [1.29, 1.82) is 0 Å². The number of methoxy groups -OCH3 is 3. The summed E-state index contributed by atoms with van der Waals surface area (Å²) in [6.07, 6.45) is 2.01. The molecule has 1 aliphatic rings. The topological polar surface area (TPSA) is 74.6 Å². The average Bonchev–Trinajstić information content (AvgIpc) is 3.16. The first kappa shape index (κ1) is 17.9. The molecule has 2 aromatic carbocycles. The SMILES string of the molecule is COc1ccc(-n2cnc3c2NC(=O)C[C@@H]3c2cc(OC)ccc2OC)cc1. The normalized spacial score (nSPS) is 15.5. The molecule has 0 spiro atoms. The summed E-state index contributed by atoms with van der Waals surface area (Å²) in [7, 11) is 4.86. The van der Waals surface area contributed by atoms with Crippen LogP contribution in [0.3, 0.4) is 0 Å². The van der Waals surface area contributed by atoms with E-state index in [4.69, 9.17) is 14.2 Å². The second-order valence-electron chi connectivity index (χ2n) is 6.46. The maximum Gasteiger partial charge on any atom is 0.226 e. The lowest BCUT2D eigenvalue weighted by Crippen LogP contribution is -2.25. The van der Waals surface area contributed by atoms with E-state index in [1.54, 1.807) is 27.7 Å². The van der Waals surface area contributed by atoms with Gasteiger partial charge in [0.15, 0.2) is 0 Å². The minimum atomic E-state index is -0.228. The summed E-state index contributed by atoms with van der Waals surface area (Å²) >= 11 is 0. The summed E-state index contributed by atoms with van der Waals surface area (Å²) in [5.41, 5.74) is 2.55. The van der Waals surface area contributed by atoms with Gasteiger partial charge in [0, 0.05) is 23.6 Å². The smallest absolute Gasteiger partial charge is 0.226 e. The third-order valence-corrected chi connectivity index (χ3v) is 4.94. The van der Waals surface area contributed by atoms with Crippen molar-refractivity contribution in [3.05, 3.63) is 60.0 Å². The fraction of sp³-hybridized carbons (Fsp3) is 0.238. The van der Waals surface area contributed by atoms with E-state index in [1.165, 1.54) is 0 Å². The van der Waals surface area contributed by atoms with Crippen LogP contribution >= 0.6 is 0 Å². The monoisotopic (exact) mass is 379 g/mol. The Bertz CT molecular complexity index is 1010. The van der Waals surface area contributed by atoms with Gasteiger partial charge in [-0.3, -0.25) is 9.36 Å². The zero-order valence-corrected chi connectivity index (χ0v) is 15.9. The van der Waals surface area contributed by atoms with Gasteiger partial charge >= 0.3 is 0 Å². The first-order valence-electron chi connectivity index (χ1n) is 8.88. The van der Waals surface area contributed by atoms with Gasteiger partial charge in [-0.15, -0.1) is 0 Å². The van der Waals surface area contributed by atoms with Crippen LogP contribution in [0.25, 0.3) is 5.69 Å². The highest BCUT2D eigenvalue weighted by Crippen LogP contribution is 2.42. The number of nitrogens with zero attached hydrogens (tertiary/aromatic N) is 2. The van der Waals surface area contributed by atoms with Gasteiger partial charge < -0.3 is 19.5 Å². The average molecular weight is 379 g/mol. The van der Waals surface area contributed by atoms with Crippen molar-refractivity contribution in [3.63, 3.8) is 0 Å². The van der Waals surface area contributed by atoms with E-state index >= 15 is 0 Å². The Hall–Kier alpha value is -3.48. The van der Waals surface area contributed by atoms with Gasteiger partial charge in [-0.25, -0.2) is 4.98 Å². The van der Waals surface area contributed by atoms with Crippen molar-refractivity contribution >= 4 is 11.7 Å². The molecule has 7 nitrogen and oxygen atoms in total. The maximum absolute atomic E-state index is 12.5. The molecule has 1 atom stereocenters. The summed E-state index contributed by atoms with van der Waals surface area (Å²) in [5, 5.41) is 2.96. The molecule has 1 aliphatic heterocycles. The van der Waals surface area contributed by atoms with Gasteiger partial charge in [0.25, 0.3) is 0 Å². The third kappa shape index (κ3) is 3.05. The Morgan fingerprint density at radius 1 is 1.00 bits per heavy atom. The third-order valence-electron chi connectivity index (χ3n) is 4.94. The first-order chi connectivity index (χ1) is 13.6. The molecule has 0 aliphatic carbocycles. The second kappa shape index (κ2) is 7.26. The van der Waals surface area contributed by atoms with Crippen LogP contribution in [-0.2, 0) is 4.79 Å². The number of amides is 1. The molecule has 1 aromatic heterocycles. The summed E-state index contributed by atoms with van der Waals surface area (Å²) in [6, 6.07) is 13.2. The quantitative estimate of drug-likeness (QED) is 0.736. The molecule has 0 fully saturated rings. The molecule has 144 valence electrons. The van der Waals surface area contributed by atoms with Crippen LogP contribution in [0.4, 0.5) is 5.82 Å². The molecule has 7 heteroatoms. The van der Waals surface area contributed by atoms with Crippen LogP contribution in [-0.4, -0.2) is 36.8 Å². The zero-order valence-electron chi connectivity index (χ0n) is 15.9. The number of nitrogens with one attached hydrogen (secondary N) is 1. The molecule has 3 aromatic rings. The highest BCUT2D eigenvalue weighted by Gasteiger charge is 2.33. The molecule has 2 heterocycles. The highest BCUT2D eigenvalue weighted by molar-refractivity contribution is 5.94. The predicted octanol–water partition coefficient (Wildman–Crippen LogP) is 3.37. The van der Waals surface area contributed by atoms with Crippen molar-refractivity contribution in [2.75, 3.05) is 26.6 Å². The van der Waals surface area contributed by atoms with E-state index in [0.717, 1.165) is 22.7 Å². The molecule has 0 unspecified atom stereocenters. The van der Waals surface area contributed by atoms with Crippen molar-refractivity contribution in [3.8, 4) is 22.9 Å². The summed E-state index contributed by atoms with van der Waals surface area (Å²) in [4.78, 5) is 17.1. The van der Waals surface area contributed by atoms with Crippen LogP contribution in [0.5, 0.6) is 17.2 Å². The molecule has 0 saturated heterocycles. The second-order valence-corrected chi connectivity index (χ2v) is 6.46. The Labute approximate surface area is 162 Å². The number of hydrogen-bond donors (Lipinski definition) is 1. The minimum Gasteiger partial charge on any atom is -0.497 e. The Kier molecular flexibility index (Phi) is 4.65. The molecular weight excluding hydrogens is 358 g/mol. The van der Waals surface area contributed by atoms with E-state index in [1.807, 2.05) is 47.0 Å². The molecule has 1 amide bonds. The largest absolute Gasteiger partial charge is 0.497 e. The van der Waals surface area contributed by atoms with Crippen LogP contribution in [0.1, 0.15) is 23.6 Å². The fourth-order valence-corrected chi connectivity index (χ4v) is 3.51. The number of imidazole rings is 1. The number of fused-ring (bicyclic) bond motifs is 1. The first-order valence-corrected chi connectivity index (χ1v) is 8.88. The molecule has 0 radical (unpaired) electrons. The molecule has 0 saturated carbocycles. The zero-order chi connectivity index (χ0) is 19.7. The standard InChI is InChI=1S/C21H21N3O4/c1-26-14-6-4-13(5-7-14)24-12-22-20-17(11-19(25)23-21(20)24)16-10-15(27-2)8-9-18(16)28-3/h4-10,12,17H,11H2,1-3H3,(H,23,25)/t17-/m1/s1. The number of benzene rings is 2. The van der Waals surface area contributed by atoms with Crippen molar-refractivity contribution in [2.24, 2.45) is 0 Å². The summed E-state index contributed by atoms with van der Waals surface area (Å²) in [5.74, 6) is 2.53. The lowest BCUT2D eigenvalue weighted by atomic mass is 9.89. The van der Waals surface area contributed by atoms with Crippen molar-refractivity contribution in [2.45, 2.75) is 12.3 Å². The van der Waals surface area contributed by atoms with Gasteiger partial charge in [0.1, 0.15) is 29.4 Å². The number of carbonyl (C=O) groups is 1. The summed E-state index contributed by atoms with van der Waals surface area (Å²) in [6.45, 7) is 0. The fourth-order valence-electron chi connectivity index (χ4n) is 3.51. The Morgan fingerprint density at radius 3 is 2.39 bits per heavy atom. The van der Waals surface area contributed by atoms with Gasteiger partial charge in [0.2, 0.25) is 5.91 Å². The van der Waals surface area contributed by atoms with Crippen LogP contribution in [0, 0.1) is 0 Å². The number of ether oxygens (including phenoxy) is 3. The van der Waals surface area contributed by atoms with Gasteiger partial charge in [0.05, 0.1) is 27.0 Å². The number of aromatic nitrogens is 2. The van der Waals surface area contributed by atoms with Gasteiger partial charge in [-0.1, -0.05) is 0 Å². The van der Waals surface area contributed by atoms with E-state index in [9.17, 15) is 4.79 Å². The summed E-state index contributed by atoms with van der Waals surface area (Å²) < 4.78 is 18.0. The molecule has 1 N–H and O–H groups in total. The molecule has 4 rings (SSSR count). The predicted molar refractivity (Wildman–Crippen MR) is 105 cm³/mol. The van der Waals surface area contributed by atoms with Crippen LogP contribution < -0.4 is 19.5 Å². The van der Waals surface area contributed by atoms with Crippen LogP contribution in [0.15, 0.2) is 48.8 Å². The van der Waals surface area contributed by atoms with E-state index in [2.05, 4.69) is 10.3 Å². The number of anilines is 1.